The van der Waals surface area contributed by atoms with Gasteiger partial charge < -0.3 is 21.4 Å². The second kappa shape index (κ2) is 8.49. The third-order valence-electron chi connectivity index (χ3n) is 6.11. The van der Waals surface area contributed by atoms with Crippen LogP contribution < -0.4 is 11.5 Å². The number of hydrogen-bond donors (Lipinski definition) is 4. The molecule has 6 heterocycles. The Hall–Kier alpha value is -4.28. The summed E-state index contributed by atoms with van der Waals surface area (Å²) < 4.78 is 0. The fourth-order valence-electron chi connectivity index (χ4n) is 4.32. The van der Waals surface area contributed by atoms with E-state index in [9.17, 15) is 0 Å². The minimum Gasteiger partial charge on any atom is -0.403 e. The number of nitrogens with two attached hydrogens (primary N) is 2. The number of nitrogens with one attached hydrogen (secondary N) is 2. The summed E-state index contributed by atoms with van der Waals surface area (Å²) in [6.07, 6.45) is 8.64. The molecule has 5 aromatic rings. The summed E-state index contributed by atoms with van der Waals surface area (Å²) >= 11 is 1.69. The number of fused-ring (bicyclic) bond motifs is 2. The third kappa shape index (κ3) is 3.69. The molecular weight excluding hydrogens is 458 g/mol. The van der Waals surface area contributed by atoms with E-state index in [2.05, 4.69) is 54.1 Å². The van der Waals surface area contributed by atoms with E-state index < -0.39 is 0 Å². The first-order valence-corrected chi connectivity index (χ1v) is 12.0. The normalized spacial score (nSPS) is 15.2. The fraction of sp³-hybridized carbons (Fsp3) is 0.120. The van der Waals surface area contributed by atoms with E-state index in [1.165, 1.54) is 11.1 Å². The molecule has 1 fully saturated rings. The summed E-state index contributed by atoms with van der Waals surface area (Å²) in [5.74, 6) is 0.724. The van der Waals surface area contributed by atoms with Crippen LogP contribution in [0.5, 0.6) is 0 Å². The van der Waals surface area contributed by atoms with Gasteiger partial charge in [0.05, 0.1) is 34.8 Å². The Labute approximate surface area is 204 Å². The van der Waals surface area contributed by atoms with E-state index >= 15 is 0 Å². The van der Waals surface area contributed by atoms with Crippen molar-refractivity contribution in [2.75, 3.05) is 13.1 Å². The Morgan fingerprint density at radius 1 is 1.20 bits per heavy atom. The highest BCUT2D eigenvalue weighted by Gasteiger charge is 2.25. The average molecular weight is 482 g/mol. The quantitative estimate of drug-likeness (QED) is 0.223. The maximum absolute atomic E-state index is 5.96. The molecule has 0 atom stereocenters. The van der Waals surface area contributed by atoms with Crippen LogP contribution in [-0.2, 0) is 0 Å². The number of aliphatic imine (C=N–C) groups is 1. The lowest BCUT2D eigenvalue weighted by atomic mass is 10.1. The molecule has 0 saturated carbocycles. The zero-order valence-electron chi connectivity index (χ0n) is 18.8. The van der Waals surface area contributed by atoms with Gasteiger partial charge in [-0.15, -0.1) is 11.3 Å². The van der Waals surface area contributed by atoms with Crippen LogP contribution in [0.25, 0.3) is 49.3 Å². The van der Waals surface area contributed by atoms with Crippen molar-refractivity contribution in [2.45, 2.75) is 6.04 Å². The Balaban J connectivity index is 1.41. The second-order valence-electron chi connectivity index (χ2n) is 8.39. The van der Waals surface area contributed by atoms with Crippen molar-refractivity contribution in [3.63, 3.8) is 0 Å². The lowest BCUT2D eigenvalue weighted by Gasteiger charge is -2.38. The van der Waals surface area contributed by atoms with Crippen molar-refractivity contribution in [2.24, 2.45) is 16.5 Å². The molecule has 0 aromatic carbocycles. The van der Waals surface area contributed by atoms with E-state index in [-0.39, 0.29) is 6.04 Å². The van der Waals surface area contributed by atoms with Crippen LogP contribution in [-0.4, -0.2) is 55.0 Å². The molecule has 6 rings (SSSR count). The standard InChI is InChI=1S/C25H23N9S/c1-2-24(34-12-14(27)13-34)31-20(8-26)18-7-16-22(11-29-18)32-33-25(16)19-6-15-17(23-4-3-5-35-23)9-28-10-21(15)30-19/h2-11,14,30H,1,12-13,26-27H2,(H,32,33)/b20-8-,31-24?. The molecule has 0 amide bonds. The van der Waals surface area contributed by atoms with Crippen molar-refractivity contribution >= 4 is 44.7 Å². The first kappa shape index (κ1) is 21.3. The minimum atomic E-state index is 0.153. The maximum atomic E-state index is 5.96. The SMILES string of the molecule is C=CC(=N/C(=C\N)c1cc2c(-c3cc4c(-c5cccs5)cncc4[nH]3)n[nH]c2cn1)N1CC(N)C1. The van der Waals surface area contributed by atoms with Gasteiger partial charge in [-0.05, 0) is 29.7 Å². The summed E-state index contributed by atoms with van der Waals surface area (Å²) in [5, 5.41) is 11.7. The summed E-state index contributed by atoms with van der Waals surface area (Å²) in [6.45, 7) is 5.37. The molecule has 10 heteroatoms. The molecule has 0 bridgehead atoms. The van der Waals surface area contributed by atoms with E-state index in [1.54, 1.807) is 23.6 Å². The van der Waals surface area contributed by atoms with Gasteiger partial charge >= 0.3 is 0 Å². The monoisotopic (exact) mass is 481 g/mol. The molecule has 0 unspecified atom stereocenters. The number of amidine groups is 1. The van der Waals surface area contributed by atoms with E-state index in [0.717, 1.165) is 57.7 Å². The largest absolute Gasteiger partial charge is 0.403 e. The van der Waals surface area contributed by atoms with E-state index in [1.807, 2.05) is 24.5 Å². The average Bonchev–Trinajstić information content (AvgIpc) is 3.61. The molecular formula is C25H23N9S. The fourth-order valence-corrected chi connectivity index (χ4v) is 5.07. The minimum absolute atomic E-state index is 0.153. The number of aromatic amines is 2. The third-order valence-corrected chi connectivity index (χ3v) is 7.01. The molecule has 1 saturated heterocycles. The van der Waals surface area contributed by atoms with Crippen molar-refractivity contribution in [3.8, 4) is 21.8 Å². The molecule has 6 N–H and O–H groups in total. The van der Waals surface area contributed by atoms with Gasteiger partial charge in [0.2, 0.25) is 0 Å². The van der Waals surface area contributed by atoms with Gasteiger partial charge in [0.1, 0.15) is 17.2 Å². The van der Waals surface area contributed by atoms with Crippen LogP contribution in [0.3, 0.4) is 0 Å². The predicted molar refractivity (Wildman–Crippen MR) is 142 cm³/mol. The number of thiophene rings is 1. The predicted octanol–water partition coefficient (Wildman–Crippen LogP) is 3.71. The number of rotatable bonds is 5. The summed E-state index contributed by atoms with van der Waals surface area (Å²) in [6, 6.07) is 8.36. The van der Waals surface area contributed by atoms with Gasteiger partial charge in [-0.25, -0.2) is 4.99 Å². The summed E-state index contributed by atoms with van der Waals surface area (Å²) in [5.41, 5.74) is 17.6. The Morgan fingerprint density at radius 2 is 2.09 bits per heavy atom. The summed E-state index contributed by atoms with van der Waals surface area (Å²) in [7, 11) is 0. The first-order chi connectivity index (χ1) is 17.1. The highest BCUT2D eigenvalue weighted by atomic mass is 32.1. The number of likely N-dealkylation sites (tertiary alicyclic amines) is 1. The van der Waals surface area contributed by atoms with Crippen LogP contribution in [0.15, 0.2) is 72.1 Å². The van der Waals surface area contributed by atoms with Crippen molar-refractivity contribution in [1.82, 2.24) is 30.0 Å². The first-order valence-electron chi connectivity index (χ1n) is 11.1. The molecule has 174 valence electrons. The van der Waals surface area contributed by atoms with Crippen LogP contribution in [0.1, 0.15) is 5.69 Å². The smallest absolute Gasteiger partial charge is 0.128 e. The Morgan fingerprint density at radius 3 is 2.83 bits per heavy atom. The van der Waals surface area contributed by atoms with Crippen LogP contribution in [0.2, 0.25) is 0 Å². The number of pyridine rings is 2. The molecule has 0 spiro atoms. The highest BCUT2D eigenvalue weighted by Crippen LogP contribution is 2.35. The van der Waals surface area contributed by atoms with E-state index in [4.69, 9.17) is 16.5 Å². The summed E-state index contributed by atoms with van der Waals surface area (Å²) in [4.78, 5) is 20.4. The zero-order chi connectivity index (χ0) is 23.9. The van der Waals surface area contributed by atoms with E-state index in [0.29, 0.717) is 11.4 Å². The van der Waals surface area contributed by atoms with Crippen molar-refractivity contribution in [3.05, 3.63) is 72.8 Å². The van der Waals surface area contributed by atoms with Gasteiger partial charge in [-0.1, -0.05) is 12.6 Å². The molecule has 9 nitrogen and oxygen atoms in total. The maximum Gasteiger partial charge on any atom is 0.128 e. The molecule has 0 radical (unpaired) electrons. The van der Waals surface area contributed by atoms with Crippen molar-refractivity contribution in [1.29, 1.82) is 0 Å². The van der Waals surface area contributed by atoms with Crippen LogP contribution in [0, 0.1) is 0 Å². The topological polar surface area (TPSA) is 138 Å². The number of nitrogens with zero attached hydrogens (tertiary/aromatic N) is 5. The molecule has 5 aromatic heterocycles. The van der Waals surface area contributed by atoms with Gasteiger partial charge in [-0.2, -0.15) is 5.10 Å². The lowest BCUT2D eigenvalue weighted by Crippen LogP contribution is -2.57. The molecule has 1 aliphatic rings. The zero-order valence-corrected chi connectivity index (χ0v) is 19.6. The molecule has 1 aliphatic heterocycles. The number of aromatic nitrogens is 5. The number of H-pyrrole nitrogens is 2. The van der Waals surface area contributed by atoms with Gasteiger partial charge in [-0.3, -0.25) is 15.1 Å². The van der Waals surface area contributed by atoms with Crippen LogP contribution >= 0.6 is 11.3 Å². The highest BCUT2D eigenvalue weighted by molar-refractivity contribution is 7.13. The second-order valence-corrected chi connectivity index (χ2v) is 9.33. The number of hydrogen-bond acceptors (Lipinski definition) is 7. The van der Waals surface area contributed by atoms with Crippen molar-refractivity contribution < 1.29 is 0 Å². The lowest BCUT2D eigenvalue weighted by molar-refractivity contribution is 0.256. The van der Waals surface area contributed by atoms with Gasteiger partial charge in [0.15, 0.2) is 0 Å². The van der Waals surface area contributed by atoms with Crippen LogP contribution in [0.4, 0.5) is 0 Å². The Kier molecular flexibility index (Phi) is 5.16. The van der Waals surface area contributed by atoms with Gasteiger partial charge in [0.25, 0.3) is 0 Å². The van der Waals surface area contributed by atoms with Gasteiger partial charge in [0, 0.05) is 52.7 Å². The molecule has 35 heavy (non-hydrogen) atoms. The Bertz CT molecular complexity index is 1600. The molecule has 0 aliphatic carbocycles.